The largest absolute Gasteiger partial charge is 0.351 e. The maximum absolute atomic E-state index is 11.6. The fraction of sp³-hybridized carbons (Fsp3) is 0.533. The molecule has 2 N–H and O–H groups in total. The van der Waals surface area contributed by atoms with Gasteiger partial charge in [0.15, 0.2) is 0 Å². The van der Waals surface area contributed by atoms with Crippen LogP contribution in [0.1, 0.15) is 37.3 Å². The summed E-state index contributed by atoms with van der Waals surface area (Å²) in [6.45, 7) is 6.17. The van der Waals surface area contributed by atoms with Gasteiger partial charge in [0, 0.05) is 6.54 Å². The van der Waals surface area contributed by atoms with Crippen LogP contribution in [-0.4, -0.2) is 19.0 Å². The normalized spacial score (nSPS) is 10.3. The molecule has 0 saturated carbocycles. The lowest BCUT2D eigenvalue weighted by molar-refractivity contribution is -0.120. The van der Waals surface area contributed by atoms with E-state index >= 15 is 0 Å². The molecular weight excluding hydrogens is 224 g/mol. The number of carbonyl (C=O) groups is 1. The van der Waals surface area contributed by atoms with Crippen LogP contribution in [0.15, 0.2) is 24.3 Å². The van der Waals surface area contributed by atoms with Crippen molar-refractivity contribution in [2.24, 2.45) is 0 Å². The third-order valence-corrected chi connectivity index (χ3v) is 2.81. The fourth-order valence-corrected chi connectivity index (χ4v) is 1.79. The third-order valence-electron chi connectivity index (χ3n) is 2.81. The summed E-state index contributed by atoms with van der Waals surface area (Å²) in [5, 5.41) is 6.07. The van der Waals surface area contributed by atoms with Gasteiger partial charge in [-0.3, -0.25) is 4.79 Å². The molecule has 1 aromatic carbocycles. The Kier molecular flexibility index (Phi) is 7.11. The van der Waals surface area contributed by atoms with E-state index in [0.29, 0.717) is 13.1 Å². The van der Waals surface area contributed by atoms with Gasteiger partial charge >= 0.3 is 0 Å². The quantitative estimate of drug-likeness (QED) is 0.694. The van der Waals surface area contributed by atoms with Crippen LogP contribution in [0.2, 0.25) is 0 Å². The first-order chi connectivity index (χ1) is 8.72. The molecule has 1 rings (SSSR count). The van der Waals surface area contributed by atoms with Gasteiger partial charge in [0.2, 0.25) is 5.91 Å². The number of aryl methyl sites for hydroxylation is 1. The number of amides is 1. The molecule has 18 heavy (non-hydrogen) atoms. The van der Waals surface area contributed by atoms with Gasteiger partial charge in [-0.2, -0.15) is 0 Å². The van der Waals surface area contributed by atoms with E-state index < -0.39 is 0 Å². The lowest BCUT2D eigenvalue weighted by Gasteiger charge is -2.07. The Morgan fingerprint density at radius 3 is 2.83 bits per heavy atom. The summed E-state index contributed by atoms with van der Waals surface area (Å²) >= 11 is 0. The molecule has 0 aromatic heterocycles. The Morgan fingerprint density at radius 2 is 2.11 bits per heavy atom. The highest BCUT2D eigenvalue weighted by Crippen LogP contribution is 2.02. The summed E-state index contributed by atoms with van der Waals surface area (Å²) in [7, 11) is 0. The monoisotopic (exact) mass is 248 g/mol. The summed E-state index contributed by atoms with van der Waals surface area (Å²) in [4.78, 5) is 11.6. The highest BCUT2D eigenvalue weighted by molar-refractivity contribution is 5.77. The van der Waals surface area contributed by atoms with Gasteiger partial charge in [-0.15, -0.1) is 0 Å². The van der Waals surface area contributed by atoms with Crippen molar-refractivity contribution in [2.45, 2.75) is 39.7 Å². The number of carbonyl (C=O) groups excluding carboxylic acids is 1. The number of rotatable bonds is 8. The zero-order valence-corrected chi connectivity index (χ0v) is 11.5. The second-order valence-corrected chi connectivity index (χ2v) is 4.65. The van der Waals surface area contributed by atoms with Crippen LogP contribution in [0, 0.1) is 6.92 Å². The van der Waals surface area contributed by atoms with E-state index in [1.807, 2.05) is 12.1 Å². The third kappa shape index (κ3) is 6.40. The van der Waals surface area contributed by atoms with Gasteiger partial charge in [0.1, 0.15) is 0 Å². The molecule has 0 aliphatic carbocycles. The first kappa shape index (κ1) is 14.7. The highest BCUT2D eigenvalue weighted by atomic mass is 16.1. The Bertz CT molecular complexity index is 363. The summed E-state index contributed by atoms with van der Waals surface area (Å²) in [6, 6.07) is 8.19. The minimum absolute atomic E-state index is 0.0630. The van der Waals surface area contributed by atoms with Crippen molar-refractivity contribution in [3.05, 3.63) is 35.4 Å². The van der Waals surface area contributed by atoms with Crippen LogP contribution in [0.4, 0.5) is 0 Å². The van der Waals surface area contributed by atoms with E-state index in [4.69, 9.17) is 0 Å². The van der Waals surface area contributed by atoms with Crippen molar-refractivity contribution in [3.8, 4) is 0 Å². The first-order valence-electron chi connectivity index (χ1n) is 6.75. The lowest BCUT2D eigenvalue weighted by atomic mass is 10.1. The zero-order chi connectivity index (χ0) is 13.2. The number of benzene rings is 1. The van der Waals surface area contributed by atoms with Crippen molar-refractivity contribution < 1.29 is 4.79 Å². The predicted molar refractivity (Wildman–Crippen MR) is 75.4 cm³/mol. The molecule has 3 heteroatoms. The van der Waals surface area contributed by atoms with Crippen LogP contribution in [0.3, 0.4) is 0 Å². The Hall–Kier alpha value is -1.35. The summed E-state index contributed by atoms with van der Waals surface area (Å²) < 4.78 is 0. The molecule has 0 aliphatic heterocycles. The second-order valence-electron chi connectivity index (χ2n) is 4.65. The number of hydrogen-bond donors (Lipinski definition) is 2. The molecule has 0 spiro atoms. The molecule has 1 aromatic rings. The molecule has 0 radical (unpaired) electrons. The maximum Gasteiger partial charge on any atom is 0.234 e. The molecule has 0 unspecified atom stereocenters. The van der Waals surface area contributed by atoms with Crippen molar-refractivity contribution in [1.29, 1.82) is 0 Å². The van der Waals surface area contributed by atoms with E-state index in [1.165, 1.54) is 18.4 Å². The molecule has 0 atom stereocenters. The molecule has 100 valence electrons. The Morgan fingerprint density at radius 1 is 1.28 bits per heavy atom. The zero-order valence-electron chi connectivity index (χ0n) is 11.5. The molecule has 3 nitrogen and oxygen atoms in total. The summed E-state index contributed by atoms with van der Waals surface area (Å²) in [5.41, 5.74) is 2.37. The average molecular weight is 248 g/mol. The van der Waals surface area contributed by atoms with Crippen LogP contribution >= 0.6 is 0 Å². The summed E-state index contributed by atoms with van der Waals surface area (Å²) in [6.07, 6.45) is 3.57. The van der Waals surface area contributed by atoms with E-state index in [9.17, 15) is 4.79 Å². The van der Waals surface area contributed by atoms with Crippen molar-refractivity contribution >= 4 is 5.91 Å². The van der Waals surface area contributed by atoms with Crippen molar-refractivity contribution in [3.63, 3.8) is 0 Å². The minimum atomic E-state index is 0.0630. The predicted octanol–water partition coefficient (Wildman–Crippen LogP) is 2.39. The van der Waals surface area contributed by atoms with Gasteiger partial charge < -0.3 is 10.6 Å². The average Bonchev–Trinajstić information content (AvgIpc) is 2.36. The fourth-order valence-electron chi connectivity index (χ4n) is 1.79. The molecule has 0 bridgehead atoms. The number of unbranched alkanes of at least 4 members (excludes halogenated alkanes) is 2. The van der Waals surface area contributed by atoms with E-state index in [1.54, 1.807) is 0 Å². The standard InChI is InChI=1S/C15H24N2O/c1-3-4-5-9-16-12-15(18)17-11-14-8-6-7-13(2)10-14/h6-8,10,16H,3-5,9,11-12H2,1-2H3,(H,17,18). The minimum Gasteiger partial charge on any atom is -0.351 e. The topological polar surface area (TPSA) is 41.1 Å². The number of nitrogens with one attached hydrogen (secondary N) is 2. The highest BCUT2D eigenvalue weighted by Gasteiger charge is 2.00. The van der Waals surface area contributed by atoms with Gasteiger partial charge in [0.05, 0.1) is 6.54 Å². The van der Waals surface area contributed by atoms with Crippen LogP contribution in [-0.2, 0) is 11.3 Å². The molecule has 0 saturated heterocycles. The van der Waals surface area contributed by atoms with E-state index in [0.717, 1.165) is 18.5 Å². The smallest absolute Gasteiger partial charge is 0.234 e. The summed E-state index contributed by atoms with van der Waals surface area (Å²) in [5.74, 6) is 0.0630. The maximum atomic E-state index is 11.6. The lowest BCUT2D eigenvalue weighted by Crippen LogP contribution is -2.33. The second kappa shape index (κ2) is 8.70. The number of hydrogen-bond acceptors (Lipinski definition) is 2. The van der Waals surface area contributed by atoms with E-state index in [2.05, 4.69) is 36.6 Å². The van der Waals surface area contributed by atoms with Crippen LogP contribution in [0.25, 0.3) is 0 Å². The van der Waals surface area contributed by atoms with Gasteiger partial charge in [-0.25, -0.2) is 0 Å². The Balaban J connectivity index is 2.13. The molecule has 0 fully saturated rings. The Labute approximate surface area is 110 Å². The van der Waals surface area contributed by atoms with Crippen molar-refractivity contribution in [1.82, 2.24) is 10.6 Å². The first-order valence-corrected chi connectivity index (χ1v) is 6.75. The van der Waals surface area contributed by atoms with Gasteiger partial charge in [-0.1, -0.05) is 49.6 Å². The van der Waals surface area contributed by atoms with E-state index in [-0.39, 0.29) is 5.91 Å². The van der Waals surface area contributed by atoms with Crippen LogP contribution in [0.5, 0.6) is 0 Å². The molecule has 0 aliphatic rings. The van der Waals surface area contributed by atoms with Gasteiger partial charge in [-0.05, 0) is 25.5 Å². The molecular formula is C15H24N2O. The SMILES string of the molecule is CCCCCNCC(=O)NCc1cccc(C)c1. The molecule has 0 heterocycles. The molecule has 1 amide bonds. The van der Waals surface area contributed by atoms with Gasteiger partial charge in [0.25, 0.3) is 0 Å². The van der Waals surface area contributed by atoms with Crippen LogP contribution < -0.4 is 10.6 Å². The van der Waals surface area contributed by atoms with Crippen molar-refractivity contribution in [2.75, 3.05) is 13.1 Å².